The van der Waals surface area contributed by atoms with Gasteiger partial charge in [-0.3, -0.25) is 4.79 Å². The molecule has 3 heteroatoms. The molecule has 2 aliphatic rings. The lowest BCUT2D eigenvalue weighted by Gasteiger charge is -2.16. The van der Waals surface area contributed by atoms with Gasteiger partial charge in [-0.25, -0.2) is 0 Å². The van der Waals surface area contributed by atoms with Crippen LogP contribution in [-0.4, -0.2) is 5.78 Å². The van der Waals surface area contributed by atoms with Crippen molar-refractivity contribution in [3.8, 4) is 0 Å². The number of Topliss-reactive ketones (excluding diaryl/α,β-unsaturated/α-hetero) is 1. The van der Waals surface area contributed by atoms with E-state index >= 15 is 0 Å². The predicted octanol–water partition coefficient (Wildman–Crippen LogP) is 5.10. The van der Waals surface area contributed by atoms with Gasteiger partial charge in [-0.2, -0.15) is 0 Å². The summed E-state index contributed by atoms with van der Waals surface area (Å²) in [5, 5.41) is 0.757. The average molecular weight is 293 g/mol. The van der Waals surface area contributed by atoms with Crippen LogP contribution in [-0.2, 0) is 4.79 Å². The second-order valence-electron chi connectivity index (χ2n) is 5.55. The lowest BCUT2D eigenvalue weighted by molar-refractivity contribution is -0.116. The minimum absolute atomic E-state index is 0.351. The number of rotatable bonds is 2. The largest absolute Gasteiger partial charge is 0.295 e. The van der Waals surface area contributed by atoms with Gasteiger partial charge in [0.25, 0.3) is 0 Å². The van der Waals surface area contributed by atoms with Crippen molar-refractivity contribution < 1.29 is 4.79 Å². The van der Waals surface area contributed by atoms with E-state index in [2.05, 4.69) is 0 Å². The molecule has 2 aliphatic carbocycles. The molecule has 3 rings (SSSR count). The first-order valence-corrected chi connectivity index (χ1v) is 8.00. The number of hydrogen-bond acceptors (Lipinski definition) is 2. The molecule has 1 aromatic rings. The molecule has 1 saturated carbocycles. The monoisotopic (exact) mass is 292 g/mol. The van der Waals surface area contributed by atoms with Crippen molar-refractivity contribution in [3.05, 3.63) is 39.8 Å². The third-order valence-electron chi connectivity index (χ3n) is 4.22. The number of thioether (sulfide) groups is 1. The van der Waals surface area contributed by atoms with Crippen LogP contribution in [0.5, 0.6) is 0 Å². The second kappa shape index (κ2) is 5.34. The molecule has 0 heterocycles. The summed E-state index contributed by atoms with van der Waals surface area (Å²) >= 11 is 7.68. The van der Waals surface area contributed by atoms with Gasteiger partial charge in [0, 0.05) is 21.9 Å². The van der Waals surface area contributed by atoms with Crippen LogP contribution in [0.1, 0.15) is 32.6 Å². The molecule has 0 radical (unpaired) electrons. The van der Waals surface area contributed by atoms with Crippen molar-refractivity contribution in [1.29, 1.82) is 0 Å². The molecule has 0 aliphatic heterocycles. The first-order chi connectivity index (χ1) is 9.13. The van der Waals surface area contributed by atoms with Crippen LogP contribution >= 0.6 is 23.4 Å². The van der Waals surface area contributed by atoms with Crippen LogP contribution in [0, 0.1) is 11.8 Å². The summed E-state index contributed by atoms with van der Waals surface area (Å²) < 4.78 is 0. The van der Waals surface area contributed by atoms with E-state index in [1.165, 1.54) is 29.1 Å². The first-order valence-electron chi connectivity index (χ1n) is 6.81. The minimum Gasteiger partial charge on any atom is -0.295 e. The van der Waals surface area contributed by atoms with Crippen LogP contribution in [0.3, 0.4) is 0 Å². The molecule has 0 N–H and O–H groups in total. The van der Waals surface area contributed by atoms with E-state index in [0.717, 1.165) is 17.0 Å². The molecule has 0 amide bonds. The summed E-state index contributed by atoms with van der Waals surface area (Å²) in [5.74, 6) is 1.57. The van der Waals surface area contributed by atoms with E-state index < -0.39 is 0 Å². The van der Waals surface area contributed by atoms with E-state index in [1.54, 1.807) is 11.8 Å². The molecular formula is C16H17ClOS. The smallest absolute Gasteiger partial charge is 0.159 e. The topological polar surface area (TPSA) is 17.1 Å². The third kappa shape index (κ3) is 2.75. The number of carbonyl (C=O) groups excluding carboxylic acids is 1. The normalized spacial score (nSPS) is 26.7. The lowest BCUT2D eigenvalue weighted by Crippen LogP contribution is -2.07. The average Bonchev–Trinajstić information content (AvgIpc) is 2.81. The Bertz CT molecular complexity index is 532. The first kappa shape index (κ1) is 13.3. The fourth-order valence-electron chi connectivity index (χ4n) is 3.15. The van der Waals surface area contributed by atoms with Gasteiger partial charge in [0.1, 0.15) is 0 Å². The molecule has 100 valence electrons. The fourth-order valence-corrected chi connectivity index (χ4v) is 4.45. The number of fused-ring (bicyclic) bond motifs is 2. The second-order valence-corrected chi connectivity index (χ2v) is 7.10. The van der Waals surface area contributed by atoms with E-state index in [1.807, 2.05) is 31.2 Å². The van der Waals surface area contributed by atoms with Crippen molar-refractivity contribution in [1.82, 2.24) is 0 Å². The minimum atomic E-state index is 0.351. The highest BCUT2D eigenvalue weighted by Crippen LogP contribution is 2.47. The number of ketones is 1. The zero-order valence-corrected chi connectivity index (χ0v) is 12.6. The van der Waals surface area contributed by atoms with Gasteiger partial charge in [0.2, 0.25) is 0 Å². The molecule has 2 unspecified atom stereocenters. The highest BCUT2D eigenvalue weighted by molar-refractivity contribution is 8.03. The Morgan fingerprint density at radius 2 is 1.95 bits per heavy atom. The summed E-state index contributed by atoms with van der Waals surface area (Å²) in [6.45, 7) is 2.00. The third-order valence-corrected chi connectivity index (χ3v) is 5.83. The molecule has 1 fully saturated rings. The molecule has 0 spiro atoms. The van der Waals surface area contributed by atoms with Gasteiger partial charge in [-0.15, -0.1) is 0 Å². The van der Waals surface area contributed by atoms with Gasteiger partial charge in [-0.1, -0.05) is 23.4 Å². The predicted molar refractivity (Wildman–Crippen MR) is 80.5 cm³/mol. The van der Waals surface area contributed by atoms with Gasteiger partial charge in [0.15, 0.2) is 5.78 Å². The lowest BCUT2D eigenvalue weighted by atomic mass is 9.99. The fraction of sp³-hybridized carbons (Fsp3) is 0.438. The number of allylic oxidation sites excluding steroid dienone is 2. The SMILES string of the molecule is CC1=C(Sc2ccc(Cl)cc2)C2CCC(CC1=O)C2. The maximum Gasteiger partial charge on any atom is 0.159 e. The summed E-state index contributed by atoms with van der Waals surface area (Å²) in [6, 6.07) is 7.90. The number of carbonyl (C=O) groups is 1. The van der Waals surface area contributed by atoms with Crippen LogP contribution < -0.4 is 0 Å². The van der Waals surface area contributed by atoms with E-state index in [0.29, 0.717) is 17.6 Å². The van der Waals surface area contributed by atoms with E-state index in [4.69, 9.17) is 11.6 Å². The summed E-state index contributed by atoms with van der Waals surface area (Å²) in [5.41, 5.74) is 0.993. The van der Waals surface area contributed by atoms with Crippen molar-refractivity contribution in [2.24, 2.45) is 11.8 Å². The summed E-state index contributed by atoms with van der Waals surface area (Å²) in [6.07, 6.45) is 4.41. The van der Waals surface area contributed by atoms with Gasteiger partial charge in [-0.05, 0) is 67.2 Å². The highest BCUT2D eigenvalue weighted by Gasteiger charge is 2.34. The Hall–Kier alpha value is -0.730. The van der Waals surface area contributed by atoms with Crippen molar-refractivity contribution in [2.45, 2.75) is 37.5 Å². The number of benzene rings is 1. The maximum absolute atomic E-state index is 12.2. The van der Waals surface area contributed by atoms with Crippen molar-refractivity contribution >= 4 is 29.1 Å². The van der Waals surface area contributed by atoms with Crippen molar-refractivity contribution in [2.75, 3.05) is 0 Å². The maximum atomic E-state index is 12.2. The van der Waals surface area contributed by atoms with Crippen LogP contribution in [0.15, 0.2) is 39.6 Å². The molecule has 2 bridgehead atoms. The van der Waals surface area contributed by atoms with Crippen LogP contribution in [0.25, 0.3) is 0 Å². The molecule has 0 aromatic heterocycles. The van der Waals surface area contributed by atoms with E-state index in [9.17, 15) is 4.79 Å². The van der Waals surface area contributed by atoms with E-state index in [-0.39, 0.29) is 0 Å². The van der Waals surface area contributed by atoms with Gasteiger partial charge in [0.05, 0.1) is 0 Å². The molecule has 2 atom stereocenters. The van der Waals surface area contributed by atoms with Crippen LogP contribution in [0.2, 0.25) is 5.02 Å². The van der Waals surface area contributed by atoms with Gasteiger partial charge < -0.3 is 0 Å². The Morgan fingerprint density at radius 3 is 2.68 bits per heavy atom. The molecular weight excluding hydrogens is 276 g/mol. The Labute approximate surface area is 123 Å². The Balaban J connectivity index is 1.90. The number of hydrogen-bond donors (Lipinski definition) is 0. The highest BCUT2D eigenvalue weighted by atomic mass is 35.5. The van der Waals surface area contributed by atoms with Gasteiger partial charge >= 0.3 is 0 Å². The zero-order valence-electron chi connectivity index (χ0n) is 11.0. The quantitative estimate of drug-likeness (QED) is 0.755. The summed E-state index contributed by atoms with van der Waals surface area (Å²) in [7, 11) is 0. The Kier molecular flexibility index (Phi) is 3.72. The van der Waals surface area contributed by atoms with Crippen LogP contribution in [0.4, 0.5) is 0 Å². The summed E-state index contributed by atoms with van der Waals surface area (Å²) in [4.78, 5) is 14.6. The standard InChI is InChI=1S/C16H17ClOS/c1-10-15(18)9-11-2-3-12(8-11)16(10)19-14-6-4-13(17)5-7-14/h4-7,11-12H,2-3,8-9H2,1H3. The number of halogens is 1. The molecule has 1 aromatic carbocycles. The molecule has 0 saturated heterocycles. The van der Waals surface area contributed by atoms with Crippen molar-refractivity contribution in [3.63, 3.8) is 0 Å². The zero-order chi connectivity index (χ0) is 13.4. The molecule has 19 heavy (non-hydrogen) atoms. The molecule has 1 nitrogen and oxygen atoms in total. The Morgan fingerprint density at radius 1 is 1.21 bits per heavy atom.